The van der Waals surface area contributed by atoms with Gasteiger partial charge in [-0.05, 0) is 43.0 Å². The highest BCUT2D eigenvalue weighted by molar-refractivity contribution is 5.87. The summed E-state index contributed by atoms with van der Waals surface area (Å²) in [5.41, 5.74) is -1.69. The predicted molar refractivity (Wildman–Crippen MR) is 74.3 cm³/mol. The Hall–Kier alpha value is -2.05. The zero-order chi connectivity index (χ0) is 16.8. The second-order valence-electron chi connectivity index (χ2n) is 6.32. The van der Waals surface area contributed by atoms with Gasteiger partial charge in [-0.3, -0.25) is 9.59 Å². The average Bonchev–Trinajstić information content (AvgIpc) is 3.04. The van der Waals surface area contributed by atoms with E-state index in [0.717, 1.165) is 35.6 Å². The molecule has 0 spiro atoms. The molecule has 1 aromatic rings. The molecule has 0 aromatic heterocycles. The molecule has 1 amide bonds. The number of amides is 1. The maximum Gasteiger partial charge on any atom is 0.349 e. The van der Waals surface area contributed by atoms with Crippen LogP contribution in [-0.4, -0.2) is 35.0 Å². The second-order valence-corrected chi connectivity index (χ2v) is 6.32. The summed E-state index contributed by atoms with van der Waals surface area (Å²) in [5.74, 6) is -7.20. The molecule has 0 radical (unpaired) electrons. The quantitative estimate of drug-likeness (QED) is 0.928. The number of benzene rings is 1. The lowest BCUT2D eigenvalue weighted by atomic mass is 9.81. The third-order valence-corrected chi connectivity index (χ3v) is 5.06. The first-order valence-corrected chi connectivity index (χ1v) is 7.44. The van der Waals surface area contributed by atoms with Crippen LogP contribution in [0.4, 0.5) is 13.2 Å². The molecule has 124 valence electrons. The highest BCUT2D eigenvalue weighted by Crippen LogP contribution is 2.49. The molecule has 7 heteroatoms. The first-order valence-electron chi connectivity index (χ1n) is 7.44. The van der Waals surface area contributed by atoms with Crippen LogP contribution in [0.2, 0.25) is 0 Å². The molecule has 23 heavy (non-hydrogen) atoms. The topological polar surface area (TPSA) is 57.6 Å². The minimum absolute atomic E-state index is 0.0297. The van der Waals surface area contributed by atoms with Gasteiger partial charge in [0.1, 0.15) is 5.82 Å². The van der Waals surface area contributed by atoms with Crippen molar-refractivity contribution in [2.45, 2.75) is 25.2 Å². The van der Waals surface area contributed by atoms with E-state index >= 15 is 0 Å². The lowest BCUT2D eigenvalue weighted by molar-refractivity contribution is -0.159. The van der Waals surface area contributed by atoms with E-state index in [1.54, 1.807) is 0 Å². The van der Waals surface area contributed by atoms with E-state index in [9.17, 15) is 27.9 Å². The van der Waals surface area contributed by atoms with Gasteiger partial charge in [0.25, 0.3) is 5.91 Å². The summed E-state index contributed by atoms with van der Waals surface area (Å²) in [6, 6.07) is 3.48. The number of carbonyl (C=O) groups is 2. The number of hydrogen-bond donors (Lipinski definition) is 1. The summed E-state index contributed by atoms with van der Waals surface area (Å²) in [7, 11) is 0. The molecule has 0 unspecified atom stereocenters. The van der Waals surface area contributed by atoms with Crippen molar-refractivity contribution in [3.63, 3.8) is 0 Å². The number of carboxylic acid groups (broad SMARTS) is 1. The number of nitrogens with zero attached hydrogens (tertiary/aromatic N) is 1. The van der Waals surface area contributed by atoms with Crippen molar-refractivity contribution in [2.75, 3.05) is 13.1 Å². The van der Waals surface area contributed by atoms with Gasteiger partial charge < -0.3 is 10.0 Å². The Balaban J connectivity index is 1.84. The highest BCUT2D eigenvalue weighted by Gasteiger charge is 2.58. The number of carbonyl (C=O) groups excluding carboxylic acids is 1. The number of alkyl halides is 2. The lowest BCUT2D eigenvalue weighted by Crippen LogP contribution is -2.43. The van der Waals surface area contributed by atoms with Crippen LogP contribution in [0.3, 0.4) is 0 Å². The van der Waals surface area contributed by atoms with Crippen LogP contribution in [0.5, 0.6) is 0 Å². The maximum absolute atomic E-state index is 14.4. The van der Waals surface area contributed by atoms with Gasteiger partial charge in [-0.15, -0.1) is 0 Å². The fraction of sp³-hybridized carbons (Fsp3) is 0.500. The fourth-order valence-corrected chi connectivity index (χ4v) is 3.77. The molecule has 1 N–H and O–H groups in total. The number of aliphatic carboxylic acids is 1. The first kappa shape index (κ1) is 15.8. The smallest absolute Gasteiger partial charge is 0.349 e. The Bertz CT molecular complexity index is 646. The van der Waals surface area contributed by atoms with Crippen molar-refractivity contribution in [1.29, 1.82) is 0 Å². The van der Waals surface area contributed by atoms with E-state index < -0.39 is 34.6 Å². The van der Waals surface area contributed by atoms with Crippen molar-refractivity contribution in [3.8, 4) is 0 Å². The highest BCUT2D eigenvalue weighted by atomic mass is 19.3. The van der Waals surface area contributed by atoms with E-state index in [4.69, 9.17) is 0 Å². The van der Waals surface area contributed by atoms with Gasteiger partial charge in [0.05, 0.1) is 5.41 Å². The van der Waals surface area contributed by atoms with E-state index in [-0.39, 0.29) is 19.0 Å². The largest absolute Gasteiger partial charge is 0.481 e. The summed E-state index contributed by atoms with van der Waals surface area (Å²) >= 11 is 0. The summed E-state index contributed by atoms with van der Waals surface area (Å²) in [6.45, 7) is -0.162. The zero-order valence-corrected chi connectivity index (χ0v) is 12.3. The Morgan fingerprint density at radius 1 is 1.26 bits per heavy atom. The van der Waals surface area contributed by atoms with Crippen molar-refractivity contribution < 1.29 is 27.9 Å². The predicted octanol–water partition coefficient (Wildman–Crippen LogP) is 2.63. The number of halogens is 3. The van der Waals surface area contributed by atoms with Gasteiger partial charge in [0, 0.05) is 18.7 Å². The van der Waals surface area contributed by atoms with Gasteiger partial charge in [0.2, 0.25) is 0 Å². The van der Waals surface area contributed by atoms with E-state index in [1.165, 1.54) is 0 Å². The molecule has 1 aliphatic carbocycles. The van der Waals surface area contributed by atoms with Gasteiger partial charge in [-0.2, -0.15) is 8.78 Å². The maximum atomic E-state index is 14.4. The Morgan fingerprint density at radius 2 is 1.91 bits per heavy atom. The average molecular weight is 327 g/mol. The summed E-state index contributed by atoms with van der Waals surface area (Å²) in [4.78, 5) is 24.7. The van der Waals surface area contributed by atoms with E-state index in [0.29, 0.717) is 12.8 Å². The van der Waals surface area contributed by atoms with Crippen LogP contribution >= 0.6 is 0 Å². The van der Waals surface area contributed by atoms with E-state index in [1.807, 2.05) is 0 Å². The molecule has 2 atom stereocenters. The Kier molecular flexibility index (Phi) is 3.61. The number of carboxylic acids is 1. The number of fused-ring (bicyclic) bond motifs is 1. The Labute approximate surface area is 130 Å². The number of likely N-dealkylation sites (tertiary alicyclic amines) is 1. The fourth-order valence-electron chi connectivity index (χ4n) is 3.77. The van der Waals surface area contributed by atoms with Gasteiger partial charge in [0.15, 0.2) is 0 Å². The van der Waals surface area contributed by atoms with Crippen LogP contribution in [0.25, 0.3) is 0 Å². The number of rotatable bonds is 3. The molecule has 1 heterocycles. The van der Waals surface area contributed by atoms with Crippen LogP contribution in [-0.2, 0) is 15.5 Å². The zero-order valence-electron chi connectivity index (χ0n) is 12.3. The first-order chi connectivity index (χ1) is 10.8. The molecule has 1 saturated heterocycles. The van der Waals surface area contributed by atoms with Crippen LogP contribution in [0, 0.1) is 17.2 Å². The molecule has 2 fully saturated rings. The molecule has 0 bridgehead atoms. The van der Waals surface area contributed by atoms with Crippen LogP contribution in [0.1, 0.15) is 24.8 Å². The molecule has 2 aliphatic rings. The standard InChI is InChI=1S/C16H16F3NO3/c17-12-5-3-10(4-6-12)16(18,19)13(21)20-8-11-2-1-7-15(11,9-20)14(22)23/h3-6,11H,1-2,7-9H2,(H,22,23)/t11-,15+/m0/s1. The van der Waals surface area contributed by atoms with Crippen LogP contribution < -0.4 is 0 Å². The normalized spacial score (nSPS) is 27.1. The van der Waals surface area contributed by atoms with Crippen molar-refractivity contribution in [2.24, 2.45) is 11.3 Å². The van der Waals surface area contributed by atoms with Gasteiger partial charge in [-0.1, -0.05) is 6.42 Å². The SMILES string of the molecule is O=C(N1C[C@@H]2CCC[C@@]2(C(=O)O)C1)C(F)(F)c1ccc(F)cc1. The molecule has 4 nitrogen and oxygen atoms in total. The van der Waals surface area contributed by atoms with Crippen molar-refractivity contribution in [1.82, 2.24) is 4.90 Å². The monoisotopic (exact) mass is 327 g/mol. The summed E-state index contributed by atoms with van der Waals surface area (Å²) < 4.78 is 41.6. The summed E-state index contributed by atoms with van der Waals surface area (Å²) in [5, 5.41) is 9.46. The van der Waals surface area contributed by atoms with Crippen molar-refractivity contribution in [3.05, 3.63) is 35.6 Å². The minimum Gasteiger partial charge on any atom is -0.481 e. The number of hydrogen-bond acceptors (Lipinski definition) is 2. The lowest BCUT2D eigenvalue weighted by Gasteiger charge is -2.26. The molecule has 1 saturated carbocycles. The third-order valence-electron chi connectivity index (χ3n) is 5.06. The third kappa shape index (κ3) is 2.38. The molecule has 1 aromatic carbocycles. The van der Waals surface area contributed by atoms with Gasteiger partial charge >= 0.3 is 11.9 Å². The molecule has 1 aliphatic heterocycles. The van der Waals surface area contributed by atoms with Gasteiger partial charge in [-0.25, -0.2) is 4.39 Å². The molecule has 3 rings (SSSR count). The van der Waals surface area contributed by atoms with Crippen molar-refractivity contribution >= 4 is 11.9 Å². The van der Waals surface area contributed by atoms with E-state index in [2.05, 4.69) is 0 Å². The summed E-state index contributed by atoms with van der Waals surface area (Å²) in [6.07, 6.45) is 1.75. The second kappa shape index (κ2) is 5.25. The minimum atomic E-state index is -3.80. The molecular formula is C16H16F3NO3. The molecular weight excluding hydrogens is 311 g/mol. The Morgan fingerprint density at radius 3 is 2.48 bits per heavy atom. The van der Waals surface area contributed by atoms with Crippen LogP contribution in [0.15, 0.2) is 24.3 Å².